The van der Waals surface area contributed by atoms with Gasteiger partial charge < -0.3 is 5.73 Å². The van der Waals surface area contributed by atoms with E-state index in [0.29, 0.717) is 15.6 Å². The Labute approximate surface area is 106 Å². The molecule has 1 amide bonds. The summed E-state index contributed by atoms with van der Waals surface area (Å²) >= 11 is 2.73. The molecule has 0 aliphatic heterocycles. The quantitative estimate of drug-likeness (QED) is 0.811. The van der Waals surface area contributed by atoms with Crippen molar-refractivity contribution >= 4 is 33.7 Å². The number of amides is 1. The van der Waals surface area contributed by atoms with E-state index >= 15 is 0 Å². The van der Waals surface area contributed by atoms with Gasteiger partial charge in [0.1, 0.15) is 4.88 Å². The fourth-order valence-electron chi connectivity index (χ4n) is 1.17. The number of thiazole rings is 1. The van der Waals surface area contributed by atoms with Crippen molar-refractivity contribution < 1.29 is 4.79 Å². The van der Waals surface area contributed by atoms with Gasteiger partial charge in [0.2, 0.25) is 0 Å². The van der Waals surface area contributed by atoms with Crippen LogP contribution in [0.15, 0.2) is 23.0 Å². The Balaban J connectivity index is 2.17. The molecule has 0 aromatic carbocycles. The van der Waals surface area contributed by atoms with Gasteiger partial charge in [0.05, 0.1) is 6.54 Å². The highest BCUT2D eigenvalue weighted by Gasteiger charge is 2.12. The topological polar surface area (TPSA) is 68.0 Å². The summed E-state index contributed by atoms with van der Waals surface area (Å²) in [6.45, 7) is 0.281. The van der Waals surface area contributed by atoms with E-state index in [0.717, 1.165) is 0 Å². The van der Waals surface area contributed by atoms with E-state index in [-0.39, 0.29) is 12.5 Å². The molecule has 0 unspecified atom stereocenters. The molecule has 0 aliphatic rings. The largest absolute Gasteiger partial charge is 0.320 e. The number of nitrogens with two attached hydrogens (primary N) is 1. The van der Waals surface area contributed by atoms with Crippen molar-refractivity contribution in [2.75, 3.05) is 11.9 Å². The van der Waals surface area contributed by atoms with Crippen LogP contribution in [-0.4, -0.2) is 17.4 Å². The highest BCUT2D eigenvalue weighted by Crippen LogP contribution is 2.19. The Kier molecular flexibility index (Phi) is 3.88. The molecule has 0 bridgehead atoms. The van der Waals surface area contributed by atoms with Crippen molar-refractivity contribution in [3.05, 3.63) is 33.5 Å². The van der Waals surface area contributed by atoms with Gasteiger partial charge in [-0.3, -0.25) is 10.1 Å². The second-order valence-electron chi connectivity index (χ2n) is 2.96. The monoisotopic (exact) mass is 263 g/mol. The number of aromatic nitrogens is 1. The summed E-state index contributed by atoms with van der Waals surface area (Å²) in [5.41, 5.74) is 6.01. The summed E-state index contributed by atoms with van der Waals surface area (Å²) in [5.74, 6) is 5.42. The van der Waals surface area contributed by atoms with Crippen molar-refractivity contribution in [1.82, 2.24) is 4.98 Å². The second kappa shape index (κ2) is 5.59. The molecular formula is C11H9N3OS2. The number of carbonyl (C=O) groups excluding carboxylic acids is 1. The van der Waals surface area contributed by atoms with Gasteiger partial charge in [-0.1, -0.05) is 11.8 Å². The van der Waals surface area contributed by atoms with Gasteiger partial charge in [0, 0.05) is 17.1 Å². The van der Waals surface area contributed by atoms with Crippen LogP contribution >= 0.6 is 22.7 Å². The first kappa shape index (κ1) is 11.8. The number of hydrogen-bond donors (Lipinski definition) is 2. The zero-order valence-electron chi connectivity index (χ0n) is 8.77. The number of anilines is 1. The molecule has 2 aromatic heterocycles. The van der Waals surface area contributed by atoms with Crippen LogP contribution in [0.4, 0.5) is 5.13 Å². The first-order valence-electron chi connectivity index (χ1n) is 4.78. The SMILES string of the molecule is NCC#Cc1ccsc1C(=O)Nc1nccs1. The Hall–Kier alpha value is -1.68. The first-order chi connectivity index (χ1) is 8.31. The average Bonchev–Trinajstić information content (AvgIpc) is 2.96. The van der Waals surface area contributed by atoms with E-state index in [2.05, 4.69) is 22.1 Å². The Bertz CT molecular complexity index is 563. The summed E-state index contributed by atoms with van der Waals surface area (Å²) in [5, 5.41) is 6.94. The maximum atomic E-state index is 11.9. The highest BCUT2D eigenvalue weighted by atomic mass is 32.1. The summed E-state index contributed by atoms with van der Waals surface area (Å²) in [7, 11) is 0. The number of carbonyl (C=O) groups is 1. The second-order valence-corrected chi connectivity index (χ2v) is 4.77. The van der Waals surface area contributed by atoms with Crippen LogP contribution in [-0.2, 0) is 0 Å². The van der Waals surface area contributed by atoms with Gasteiger partial charge in [-0.2, -0.15) is 0 Å². The molecule has 86 valence electrons. The van der Waals surface area contributed by atoms with E-state index in [1.54, 1.807) is 11.6 Å². The zero-order chi connectivity index (χ0) is 12.1. The standard InChI is InChI=1S/C11H9N3OS2/c12-4-1-2-8-3-6-16-9(8)10(15)14-11-13-5-7-17-11/h3,5-7H,4,12H2,(H,13,14,15). The van der Waals surface area contributed by atoms with Crippen LogP contribution in [0.2, 0.25) is 0 Å². The molecule has 2 aromatic rings. The molecule has 4 nitrogen and oxygen atoms in total. The number of rotatable bonds is 2. The summed E-state index contributed by atoms with van der Waals surface area (Å²) in [4.78, 5) is 16.5. The number of thiophene rings is 1. The minimum atomic E-state index is -0.184. The van der Waals surface area contributed by atoms with Crippen molar-refractivity contribution in [2.45, 2.75) is 0 Å². The van der Waals surface area contributed by atoms with Crippen LogP contribution in [0, 0.1) is 11.8 Å². The van der Waals surface area contributed by atoms with Gasteiger partial charge in [-0.05, 0) is 11.4 Å². The third kappa shape index (κ3) is 2.91. The lowest BCUT2D eigenvalue weighted by Gasteiger charge is -1.99. The lowest BCUT2D eigenvalue weighted by molar-refractivity contribution is 0.103. The molecule has 0 atom stereocenters. The molecule has 0 aliphatic carbocycles. The lowest BCUT2D eigenvalue weighted by Crippen LogP contribution is -2.11. The zero-order valence-corrected chi connectivity index (χ0v) is 10.4. The molecule has 0 fully saturated rings. The van der Waals surface area contributed by atoms with Crippen LogP contribution < -0.4 is 11.1 Å². The van der Waals surface area contributed by atoms with E-state index < -0.39 is 0 Å². The molecule has 0 spiro atoms. The Morgan fingerprint density at radius 2 is 2.35 bits per heavy atom. The van der Waals surface area contributed by atoms with Gasteiger partial charge in [-0.15, -0.1) is 22.7 Å². The normalized spacial score (nSPS) is 9.47. The summed E-state index contributed by atoms with van der Waals surface area (Å²) in [6.07, 6.45) is 1.64. The average molecular weight is 263 g/mol. The molecule has 0 saturated carbocycles. The predicted octanol–water partition coefficient (Wildman–Crippen LogP) is 1.77. The van der Waals surface area contributed by atoms with Crippen molar-refractivity contribution in [3.63, 3.8) is 0 Å². The van der Waals surface area contributed by atoms with Gasteiger partial charge in [0.15, 0.2) is 5.13 Å². The maximum absolute atomic E-state index is 11.9. The van der Waals surface area contributed by atoms with E-state index in [4.69, 9.17) is 5.73 Å². The number of nitrogens with zero attached hydrogens (tertiary/aromatic N) is 1. The molecule has 2 heterocycles. The number of nitrogens with one attached hydrogen (secondary N) is 1. The molecule has 0 radical (unpaired) electrons. The third-order valence-corrected chi connectivity index (χ3v) is 3.45. The number of hydrogen-bond acceptors (Lipinski definition) is 5. The van der Waals surface area contributed by atoms with Crippen molar-refractivity contribution in [2.24, 2.45) is 5.73 Å². The van der Waals surface area contributed by atoms with Crippen LogP contribution in [0.25, 0.3) is 0 Å². The Morgan fingerprint density at radius 1 is 1.47 bits per heavy atom. The molecule has 3 N–H and O–H groups in total. The third-order valence-electron chi connectivity index (χ3n) is 1.85. The van der Waals surface area contributed by atoms with E-state index in [1.165, 1.54) is 22.7 Å². The highest BCUT2D eigenvalue weighted by molar-refractivity contribution is 7.14. The fraction of sp³-hybridized carbons (Fsp3) is 0.0909. The van der Waals surface area contributed by atoms with Crippen LogP contribution in [0.3, 0.4) is 0 Å². The lowest BCUT2D eigenvalue weighted by atomic mass is 10.2. The van der Waals surface area contributed by atoms with Crippen molar-refractivity contribution in [1.29, 1.82) is 0 Å². The summed E-state index contributed by atoms with van der Waals surface area (Å²) < 4.78 is 0. The first-order valence-corrected chi connectivity index (χ1v) is 6.54. The van der Waals surface area contributed by atoms with Gasteiger partial charge in [0.25, 0.3) is 5.91 Å². The molecule has 6 heteroatoms. The molecule has 17 heavy (non-hydrogen) atoms. The minimum Gasteiger partial charge on any atom is -0.320 e. The predicted molar refractivity (Wildman–Crippen MR) is 70.3 cm³/mol. The fourth-order valence-corrected chi connectivity index (χ4v) is 2.44. The van der Waals surface area contributed by atoms with Gasteiger partial charge >= 0.3 is 0 Å². The van der Waals surface area contributed by atoms with Crippen molar-refractivity contribution in [3.8, 4) is 11.8 Å². The van der Waals surface area contributed by atoms with Gasteiger partial charge in [-0.25, -0.2) is 4.98 Å². The molecule has 2 rings (SSSR count). The van der Waals surface area contributed by atoms with Crippen LogP contribution in [0.5, 0.6) is 0 Å². The Morgan fingerprint density at radius 3 is 3.06 bits per heavy atom. The molecule has 0 saturated heterocycles. The van der Waals surface area contributed by atoms with Crippen LogP contribution in [0.1, 0.15) is 15.2 Å². The molecular weight excluding hydrogens is 254 g/mol. The minimum absolute atomic E-state index is 0.184. The maximum Gasteiger partial charge on any atom is 0.268 e. The smallest absolute Gasteiger partial charge is 0.268 e. The van der Waals surface area contributed by atoms with E-state index in [1.807, 2.05) is 11.4 Å². The van der Waals surface area contributed by atoms with E-state index in [9.17, 15) is 4.79 Å². The summed E-state index contributed by atoms with van der Waals surface area (Å²) in [6, 6.07) is 1.81.